The van der Waals surface area contributed by atoms with Gasteiger partial charge >= 0.3 is 5.97 Å². The fourth-order valence-corrected chi connectivity index (χ4v) is 5.78. The molecule has 2 aromatic rings. The van der Waals surface area contributed by atoms with Crippen molar-refractivity contribution in [2.45, 2.75) is 62.3 Å². The van der Waals surface area contributed by atoms with Gasteiger partial charge in [0.2, 0.25) is 5.91 Å². The first kappa shape index (κ1) is 27.9. The number of hydrogen-bond acceptors (Lipinski definition) is 5. The number of carbonyl (C=O) groups excluding carboxylic acids is 1. The first-order valence-electron chi connectivity index (χ1n) is 12.8. The van der Waals surface area contributed by atoms with Crippen LogP contribution in [-0.2, 0) is 26.4 Å². The summed E-state index contributed by atoms with van der Waals surface area (Å²) in [7, 11) is 0. The summed E-state index contributed by atoms with van der Waals surface area (Å²) in [5.41, 5.74) is 1.29. The molecular weight excluding hydrogens is 515 g/mol. The quantitative estimate of drug-likeness (QED) is 0.492. The van der Waals surface area contributed by atoms with Crippen LogP contribution in [0.3, 0.4) is 0 Å². The van der Waals surface area contributed by atoms with E-state index in [9.17, 15) is 14.7 Å². The van der Waals surface area contributed by atoms with Crippen LogP contribution in [0.5, 0.6) is 0 Å². The molecule has 0 radical (unpaired) electrons. The molecule has 2 saturated heterocycles. The lowest BCUT2D eigenvalue weighted by molar-refractivity contribution is -0.145. The molecule has 9 heteroatoms. The van der Waals surface area contributed by atoms with Gasteiger partial charge in [0.25, 0.3) is 0 Å². The smallest absolute Gasteiger partial charge is 0.335 e. The molecule has 0 atom stereocenters. The Labute approximate surface area is 228 Å². The van der Waals surface area contributed by atoms with Crippen molar-refractivity contribution in [1.29, 1.82) is 0 Å². The maximum absolute atomic E-state index is 13.9. The van der Waals surface area contributed by atoms with Crippen LogP contribution >= 0.6 is 24.0 Å². The van der Waals surface area contributed by atoms with Crippen molar-refractivity contribution >= 4 is 35.9 Å². The van der Waals surface area contributed by atoms with Crippen molar-refractivity contribution in [2.75, 3.05) is 26.3 Å². The second kappa shape index (κ2) is 11.7. The van der Waals surface area contributed by atoms with Crippen LogP contribution in [0.2, 0.25) is 5.02 Å². The Bertz CT molecular complexity index is 1090. The van der Waals surface area contributed by atoms with E-state index in [0.29, 0.717) is 37.7 Å². The van der Waals surface area contributed by atoms with Gasteiger partial charge in [-0.05, 0) is 73.9 Å². The molecule has 200 valence electrons. The molecule has 1 saturated carbocycles. The van der Waals surface area contributed by atoms with E-state index < -0.39 is 17.0 Å². The van der Waals surface area contributed by atoms with Crippen molar-refractivity contribution in [1.82, 2.24) is 10.2 Å². The number of piperidine rings is 1. The fourth-order valence-electron chi connectivity index (χ4n) is 5.56. The normalized spacial score (nSPS) is 21.0. The lowest BCUT2D eigenvalue weighted by Gasteiger charge is -2.48. The third-order valence-electron chi connectivity index (χ3n) is 7.95. The minimum atomic E-state index is -0.948. The van der Waals surface area contributed by atoms with Crippen LogP contribution in [0.15, 0.2) is 48.5 Å². The lowest BCUT2D eigenvalue weighted by atomic mass is 9.84. The molecule has 1 aliphatic carbocycles. The minimum absolute atomic E-state index is 0. The highest BCUT2D eigenvalue weighted by Crippen LogP contribution is 2.46. The molecule has 2 aromatic carbocycles. The Morgan fingerprint density at radius 3 is 2.32 bits per heavy atom. The first-order valence-corrected chi connectivity index (χ1v) is 13.1. The van der Waals surface area contributed by atoms with Crippen LogP contribution in [0.25, 0.3) is 0 Å². The van der Waals surface area contributed by atoms with E-state index in [-0.39, 0.29) is 30.0 Å². The topological polar surface area (TPSA) is 88.1 Å². The summed E-state index contributed by atoms with van der Waals surface area (Å²) < 4.78 is 11.8. The van der Waals surface area contributed by atoms with Crippen molar-refractivity contribution in [3.8, 4) is 0 Å². The van der Waals surface area contributed by atoms with E-state index in [1.807, 2.05) is 36.4 Å². The summed E-state index contributed by atoms with van der Waals surface area (Å²) in [4.78, 5) is 27.5. The zero-order valence-electron chi connectivity index (χ0n) is 20.8. The highest BCUT2D eigenvalue weighted by Gasteiger charge is 2.52. The summed E-state index contributed by atoms with van der Waals surface area (Å²) in [6.45, 7) is 3.27. The van der Waals surface area contributed by atoms with E-state index >= 15 is 0 Å². The van der Waals surface area contributed by atoms with Crippen molar-refractivity contribution in [3.05, 3.63) is 70.2 Å². The maximum Gasteiger partial charge on any atom is 0.335 e. The van der Waals surface area contributed by atoms with E-state index in [1.165, 1.54) is 0 Å². The average Bonchev–Trinajstić information content (AvgIpc) is 3.69. The first-order chi connectivity index (χ1) is 17.4. The number of nitrogens with zero attached hydrogens (tertiary/aromatic N) is 1. The average molecular weight is 549 g/mol. The molecule has 37 heavy (non-hydrogen) atoms. The Morgan fingerprint density at radius 2 is 1.73 bits per heavy atom. The van der Waals surface area contributed by atoms with Gasteiger partial charge in [-0.25, -0.2) is 4.79 Å². The van der Waals surface area contributed by atoms with Crippen LogP contribution in [0.4, 0.5) is 0 Å². The Morgan fingerprint density at radius 1 is 1.05 bits per heavy atom. The summed E-state index contributed by atoms with van der Waals surface area (Å²) in [6.07, 6.45) is 4.95. The Hall–Kier alpha value is -2.16. The summed E-state index contributed by atoms with van der Waals surface area (Å²) in [6, 6.07) is 14.6. The molecule has 2 N–H and O–H groups in total. The number of carbonyl (C=O) groups is 2. The second-order valence-electron chi connectivity index (χ2n) is 10.2. The highest BCUT2D eigenvalue weighted by molar-refractivity contribution is 6.30. The third-order valence-corrected chi connectivity index (χ3v) is 8.19. The monoisotopic (exact) mass is 548 g/mol. The van der Waals surface area contributed by atoms with Gasteiger partial charge in [-0.3, -0.25) is 9.69 Å². The van der Waals surface area contributed by atoms with Gasteiger partial charge in [-0.1, -0.05) is 35.9 Å². The maximum atomic E-state index is 13.9. The van der Waals surface area contributed by atoms with Gasteiger partial charge in [0, 0.05) is 31.3 Å². The molecule has 7 nitrogen and oxygen atoms in total. The molecule has 0 aromatic heterocycles. The molecule has 0 bridgehead atoms. The minimum Gasteiger partial charge on any atom is -0.478 e. The number of amides is 1. The van der Waals surface area contributed by atoms with E-state index in [1.54, 1.807) is 12.1 Å². The predicted octanol–water partition coefficient (Wildman–Crippen LogP) is 4.80. The van der Waals surface area contributed by atoms with Crippen LogP contribution in [0, 0.1) is 0 Å². The summed E-state index contributed by atoms with van der Waals surface area (Å²) in [5.74, 6) is -0.888. The summed E-state index contributed by atoms with van der Waals surface area (Å²) in [5, 5.41) is 13.3. The number of ether oxygens (including phenoxy) is 2. The van der Waals surface area contributed by atoms with Crippen LogP contribution < -0.4 is 5.32 Å². The van der Waals surface area contributed by atoms with Crippen LogP contribution in [0.1, 0.15) is 60.0 Å². The predicted molar refractivity (Wildman–Crippen MR) is 143 cm³/mol. The standard InChI is InChI=1S/C28H33ClN2O5.ClH/c29-23-3-1-2-20(18-23)19-36-24-8-14-31(15-9-24)28(12-16-35-17-13-28)26(34)30-27(10-11-27)22-6-4-21(5-7-22)25(32)33;/h1-7,18,24H,8-17,19H2,(H,30,34)(H,32,33);1H. The number of carboxylic acids is 1. The van der Waals surface area contributed by atoms with Gasteiger partial charge in [-0.2, -0.15) is 0 Å². The zero-order chi connectivity index (χ0) is 25.2. The van der Waals surface area contributed by atoms with Gasteiger partial charge in [-0.15, -0.1) is 12.4 Å². The zero-order valence-corrected chi connectivity index (χ0v) is 22.4. The number of likely N-dealkylation sites (tertiary alicyclic amines) is 1. The third kappa shape index (κ3) is 6.13. The highest BCUT2D eigenvalue weighted by atomic mass is 35.5. The molecule has 1 amide bonds. The number of nitrogens with one attached hydrogen (secondary N) is 1. The SMILES string of the molecule is Cl.O=C(O)c1ccc(C2(NC(=O)C3(N4CCC(OCc5cccc(Cl)c5)CC4)CCOCC3)CC2)cc1. The number of aromatic carboxylic acids is 1. The van der Waals surface area contributed by atoms with Gasteiger partial charge in [0.15, 0.2) is 0 Å². The number of benzene rings is 2. The molecule has 3 fully saturated rings. The fraction of sp³-hybridized carbons (Fsp3) is 0.500. The number of carboxylic acid groups (broad SMARTS) is 1. The van der Waals surface area contributed by atoms with Gasteiger partial charge in [0.1, 0.15) is 5.54 Å². The van der Waals surface area contributed by atoms with Crippen molar-refractivity contribution in [2.24, 2.45) is 0 Å². The van der Waals surface area contributed by atoms with E-state index in [0.717, 1.165) is 49.9 Å². The van der Waals surface area contributed by atoms with Crippen LogP contribution in [-0.4, -0.2) is 59.8 Å². The number of hydrogen-bond donors (Lipinski definition) is 2. The lowest BCUT2D eigenvalue weighted by Crippen LogP contribution is -2.64. The van der Waals surface area contributed by atoms with Gasteiger partial charge < -0.3 is 19.9 Å². The molecule has 3 aliphatic rings. The molecule has 2 aliphatic heterocycles. The summed E-state index contributed by atoms with van der Waals surface area (Å²) >= 11 is 6.09. The Balaban J connectivity index is 0.00000320. The molecule has 2 heterocycles. The number of rotatable bonds is 8. The second-order valence-corrected chi connectivity index (χ2v) is 10.6. The van der Waals surface area contributed by atoms with Crippen molar-refractivity contribution < 1.29 is 24.2 Å². The van der Waals surface area contributed by atoms with Crippen molar-refractivity contribution in [3.63, 3.8) is 0 Å². The molecular formula is C28H34Cl2N2O5. The van der Waals surface area contributed by atoms with E-state index in [4.69, 9.17) is 21.1 Å². The van der Waals surface area contributed by atoms with Gasteiger partial charge in [0.05, 0.1) is 23.8 Å². The largest absolute Gasteiger partial charge is 0.478 e. The Kier molecular flexibility index (Phi) is 8.81. The molecule has 0 unspecified atom stereocenters. The molecule has 5 rings (SSSR count). The van der Waals surface area contributed by atoms with E-state index in [2.05, 4.69) is 10.2 Å². The molecule has 0 spiro atoms. The number of halogens is 2.